The van der Waals surface area contributed by atoms with Crippen molar-refractivity contribution in [3.05, 3.63) is 58.4 Å². The van der Waals surface area contributed by atoms with E-state index in [4.69, 9.17) is 0 Å². The highest BCUT2D eigenvalue weighted by molar-refractivity contribution is 5.79. The van der Waals surface area contributed by atoms with Gasteiger partial charge in [0.2, 0.25) is 0 Å². The predicted molar refractivity (Wildman–Crippen MR) is 90.8 cm³/mol. The number of unbranched alkanes of at least 4 members (excludes halogenated alkanes) is 4. The zero-order chi connectivity index (χ0) is 15.1. The number of nitrogens with zero attached hydrogens (tertiary/aromatic N) is 1. The van der Waals surface area contributed by atoms with E-state index >= 15 is 0 Å². The molecular formula is C19H25NO. The van der Waals surface area contributed by atoms with Gasteiger partial charge in [0.15, 0.2) is 5.43 Å². The third-order valence-corrected chi connectivity index (χ3v) is 3.86. The molecule has 0 fully saturated rings. The first-order valence-corrected chi connectivity index (χ1v) is 7.98. The van der Waals surface area contributed by atoms with E-state index in [-0.39, 0.29) is 5.43 Å². The molecule has 1 aromatic carbocycles. The largest absolute Gasteiger partial charge is 0.343 e. The number of benzene rings is 1. The molecule has 0 spiro atoms. The topological polar surface area (TPSA) is 22.0 Å². The molecule has 2 aromatic rings. The second-order valence-electron chi connectivity index (χ2n) is 5.63. The summed E-state index contributed by atoms with van der Waals surface area (Å²) in [4.78, 5) is 12.1. The molecule has 0 aliphatic carbocycles. The number of fused-ring (bicyclic) bond motifs is 1. The van der Waals surface area contributed by atoms with Crippen molar-refractivity contribution in [2.75, 3.05) is 0 Å². The second-order valence-corrected chi connectivity index (χ2v) is 5.63. The van der Waals surface area contributed by atoms with Gasteiger partial charge in [-0.2, -0.15) is 0 Å². The van der Waals surface area contributed by atoms with Crippen LogP contribution in [0.5, 0.6) is 0 Å². The van der Waals surface area contributed by atoms with Crippen molar-refractivity contribution in [1.29, 1.82) is 0 Å². The van der Waals surface area contributed by atoms with Crippen molar-refractivity contribution in [2.45, 2.75) is 52.5 Å². The number of para-hydroxylation sites is 1. The van der Waals surface area contributed by atoms with Crippen LogP contribution in [0.4, 0.5) is 0 Å². The predicted octanol–water partition coefficient (Wildman–Crippen LogP) is 4.84. The van der Waals surface area contributed by atoms with E-state index in [9.17, 15) is 4.79 Å². The van der Waals surface area contributed by atoms with E-state index in [0.717, 1.165) is 29.4 Å². The molecule has 21 heavy (non-hydrogen) atoms. The van der Waals surface area contributed by atoms with E-state index in [1.807, 2.05) is 37.4 Å². The van der Waals surface area contributed by atoms with Gasteiger partial charge in [-0.1, -0.05) is 50.5 Å². The Kier molecular flexibility index (Phi) is 5.79. The van der Waals surface area contributed by atoms with Crippen molar-refractivity contribution < 1.29 is 0 Å². The molecule has 112 valence electrons. The Morgan fingerprint density at radius 3 is 2.71 bits per heavy atom. The summed E-state index contributed by atoms with van der Waals surface area (Å²) in [6, 6.07) is 7.85. The van der Waals surface area contributed by atoms with Gasteiger partial charge in [0.1, 0.15) is 0 Å². The maximum atomic E-state index is 12.1. The van der Waals surface area contributed by atoms with Crippen LogP contribution in [0.25, 0.3) is 10.9 Å². The van der Waals surface area contributed by atoms with E-state index < -0.39 is 0 Å². The van der Waals surface area contributed by atoms with Crippen LogP contribution in [0, 0.1) is 6.92 Å². The Labute approximate surface area is 127 Å². The minimum Gasteiger partial charge on any atom is -0.343 e. The summed E-state index contributed by atoms with van der Waals surface area (Å²) in [6.45, 7) is 4.95. The normalized spacial score (nSPS) is 11.5. The summed E-state index contributed by atoms with van der Waals surface area (Å²) in [5.41, 5.74) is 1.97. The molecule has 0 N–H and O–H groups in total. The van der Waals surface area contributed by atoms with E-state index in [1.54, 1.807) is 0 Å². The summed E-state index contributed by atoms with van der Waals surface area (Å²) in [6.07, 6.45) is 12.8. The molecule has 0 saturated carbocycles. The molecule has 0 aliphatic heterocycles. The first-order valence-electron chi connectivity index (χ1n) is 7.98. The Morgan fingerprint density at radius 2 is 1.90 bits per heavy atom. The number of allylic oxidation sites excluding steroid dienone is 2. The van der Waals surface area contributed by atoms with Crippen LogP contribution in [0.1, 0.15) is 44.6 Å². The lowest BCUT2D eigenvalue weighted by Crippen LogP contribution is -2.11. The average Bonchev–Trinajstić information content (AvgIpc) is 2.51. The highest BCUT2D eigenvalue weighted by atomic mass is 16.1. The zero-order valence-electron chi connectivity index (χ0n) is 13.1. The van der Waals surface area contributed by atoms with Crippen molar-refractivity contribution >= 4 is 10.9 Å². The summed E-state index contributed by atoms with van der Waals surface area (Å²) in [5.74, 6) is 0. The van der Waals surface area contributed by atoms with Gasteiger partial charge < -0.3 is 4.57 Å². The number of hydrogen-bond donors (Lipinski definition) is 0. The van der Waals surface area contributed by atoms with Gasteiger partial charge in [0.25, 0.3) is 0 Å². The van der Waals surface area contributed by atoms with Crippen molar-refractivity contribution in [2.24, 2.45) is 0 Å². The number of aromatic nitrogens is 1. The number of rotatable bonds is 7. The molecule has 1 heterocycles. The fourth-order valence-electron chi connectivity index (χ4n) is 2.64. The lowest BCUT2D eigenvalue weighted by Gasteiger charge is -2.09. The van der Waals surface area contributed by atoms with Gasteiger partial charge in [-0.25, -0.2) is 0 Å². The summed E-state index contributed by atoms with van der Waals surface area (Å²) in [5, 5.41) is 0.814. The number of pyridine rings is 1. The van der Waals surface area contributed by atoms with Gasteiger partial charge in [0, 0.05) is 23.7 Å². The zero-order valence-corrected chi connectivity index (χ0v) is 13.1. The Bertz CT molecular complexity index is 667. The van der Waals surface area contributed by atoms with Gasteiger partial charge in [0.05, 0.1) is 5.52 Å². The molecule has 0 saturated heterocycles. The quantitative estimate of drug-likeness (QED) is 0.526. The lowest BCUT2D eigenvalue weighted by molar-refractivity contribution is 0.673. The Morgan fingerprint density at radius 1 is 1.10 bits per heavy atom. The van der Waals surface area contributed by atoms with E-state index in [2.05, 4.69) is 23.6 Å². The number of aryl methyl sites for hydroxylation is 1. The van der Waals surface area contributed by atoms with Crippen LogP contribution in [0.2, 0.25) is 0 Å². The summed E-state index contributed by atoms with van der Waals surface area (Å²) < 4.78 is 2.16. The molecule has 1 aromatic heterocycles. The molecule has 0 unspecified atom stereocenters. The Hall–Kier alpha value is -1.83. The third-order valence-electron chi connectivity index (χ3n) is 3.86. The maximum absolute atomic E-state index is 12.1. The van der Waals surface area contributed by atoms with Crippen LogP contribution >= 0.6 is 0 Å². The molecule has 0 bridgehead atoms. The van der Waals surface area contributed by atoms with Crippen molar-refractivity contribution in [3.63, 3.8) is 0 Å². The lowest BCUT2D eigenvalue weighted by atomic mass is 10.1. The van der Waals surface area contributed by atoms with Crippen LogP contribution < -0.4 is 5.43 Å². The van der Waals surface area contributed by atoms with Gasteiger partial charge in [-0.15, -0.1) is 0 Å². The van der Waals surface area contributed by atoms with Crippen molar-refractivity contribution in [3.8, 4) is 0 Å². The summed E-state index contributed by atoms with van der Waals surface area (Å²) in [7, 11) is 0. The van der Waals surface area contributed by atoms with Crippen LogP contribution in [0.15, 0.2) is 47.4 Å². The van der Waals surface area contributed by atoms with Crippen molar-refractivity contribution in [1.82, 2.24) is 4.57 Å². The highest BCUT2D eigenvalue weighted by Gasteiger charge is 2.04. The summed E-state index contributed by atoms with van der Waals surface area (Å²) >= 11 is 0. The molecule has 0 amide bonds. The molecule has 2 heteroatoms. The average molecular weight is 283 g/mol. The van der Waals surface area contributed by atoms with Crippen LogP contribution in [-0.2, 0) is 6.54 Å². The SMILES string of the molecule is CCCCCC/C=C/Cn1cc(C)c(=O)c2ccccc21. The van der Waals surface area contributed by atoms with E-state index in [0.29, 0.717) is 0 Å². The van der Waals surface area contributed by atoms with E-state index in [1.165, 1.54) is 25.7 Å². The maximum Gasteiger partial charge on any atom is 0.192 e. The van der Waals surface area contributed by atoms with Crippen LogP contribution in [0.3, 0.4) is 0 Å². The Balaban J connectivity index is 2.07. The highest BCUT2D eigenvalue weighted by Crippen LogP contribution is 2.11. The van der Waals surface area contributed by atoms with Crippen LogP contribution in [-0.4, -0.2) is 4.57 Å². The molecule has 0 aliphatic rings. The first-order chi connectivity index (χ1) is 10.2. The molecule has 0 radical (unpaired) electrons. The fourth-order valence-corrected chi connectivity index (χ4v) is 2.64. The molecule has 2 rings (SSSR count). The smallest absolute Gasteiger partial charge is 0.192 e. The first kappa shape index (κ1) is 15.6. The minimum atomic E-state index is 0.144. The standard InChI is InChI=1S/C19H25NO/c1-3-4-5-6-7-8-11-14-20-15-16(2)19(21)17-12-9-10-13-18(17)20/h8-13,15H,3-7,14H2,1-2H3/b11-8+. The molecule has 2 nitrogen and oxygen atoms in total. The fraction of sp³-hybridized carbons (Fsp3) is 0.421. The minimum absolute atomic E-state index is 0.144. The van der Waals surface area contributed by atoms with Gasteiger partial charge >= 0.3 is 0 Å². The third kappa shape index (κ3) is 4.07. The number of hydrogen-bond acceptors (Lipinski definition) is 1. The molecular weight excluding hydrogens is 258 g/mol. The molecule has 0 atom stereocenters. The van der Waals surface area contributed by atoms with Gasteiger partial charge in [-0.05, 0) is 31.9 Å². The van der Waals surface area contributed by atoms with Gasteiger partial charge in [-0.3, -0.25) is 4.79 Å². The monoisotopic (exact) mass is 283 g/mol. The second kappa shape index (κ2) is 7.82.